The smallest absolute Gasteiger partial charge is 0.343 e. The Morgan fingerprint density at radius 1 is 1.00 bits per heavy atom. The minimum absolute atomic E-state index is 0.406. The van der Waals surface area contributed by atoms with Gasteiger partial charge in [0.2, 0.25) is 0 Å². The molecule has 0 atom stereocenters. The summed E-state index contributed by atoms with van der Waals surface area (Å²) in [5, 5.41) is 0.600. The highest BCUT2D eigenvalue weighted by molar-refractivity contribution is 6.30. The lowest BCUT2D eigenvalue weighted by Crippen LogP contribution is -2.08. The first-order valence-electron chi connectivity index (χ1n) is 7.25. The molecular formula is C18H19ClO3. The molecule has 2 aromatic carbocycles. The maximum atomic E-state index is 12.0. The topological polar surface area (TPSA) is 35.5 Å². The maximum absolute atomic E-state index is 12.0. The monoisotopic (exact) mass is 318 g/mol. The third-order valence-corrected chi connectivity index (χ3v) is 3.33. The largest absolute Gasteiger partial charge is 0.494 e. The summed E-state index contributed by atoms with van der Waals surface area (Å²) in [5.41, 5.74) is 0.478. The molecule has 0 heterocycles. The van der Waals surface area contributed by atoms with Gasteiger partial charge in [-0.2, -0.15) is 0 Å². The van der Waals surface area contributed by atoms with Crippen LogP contribution in [0.5, 0.6) is 11.5 Å². The van der Waals surface area contributed by atoms with E-state index in [1.165, 1.54) is 0 Å². The number of hydrogen-bond donors (Lipinski definition) is 0. The fourth-order valence-electron chi connectivity index (χ4n) is 1.77. The summed E-state index contributed by atoms with van der Waals surface area (Å²) >= 11 is 5.79. The number of halogens is 1. The number of rotatable bonds is 6. The van der Waals surface area contributed by atoms with Crippen LogP contribution in [0, 0.1) is 5.92 Å². The van der Waals surface area contributed by atoms with Gasteiger partial charge < -0.3 is 9.47 Å². The fraction of sp³-hybridized carbons (Fsp3) is 0.278. The average Bonchev–Trinajstić information content (AvgIpc) is 2.50. The van der Waals surface area contributed by atoms with Gasteiger partial charge in [-0.15, -0.1) is 0 Å². The first kappa shape index (κ1) is 16.4. The maximum Gasteiger partial charge on any atom is 0.343 e. The minimum atomic E-state index is -0.406. The molecule has 0 aliphatic rings. The molecule has 0 saturated heterocycles. The van der Waals surface area contributed by atoms with Crippen molar-refractivity contribution in [2.24, 2.45) is 5.92 Å². The van der Waals surface area contributed by atoms with Crippen LogP contribution in [0.25, 0.3) is 0 Å². The fourth-order valence-corrected chi connectivity index (χ4v) is 1.89. The molecule has 0 N–H and O–H groups in total. The van der Waals surface area contributed by atoms with Crippen molar-refractivity contribution in [3.8, 4) is 11.5 Å². The molecule has 0 fully saturated rings. The molecule has 4 heteroatoms. The van der Waals surface area contributed by atoms with Crippen molar-refractivity contribution in [3.63, 3.8) is 0 Å². The van der Waals surface area contributed by atoms with Gasteiger partial charge in [0.15, 0.2) is 0 Å². The summed E-state index contributed by atoms with van der Waals surface area (Å²) in [6, 6.07) is 13.6. The van der Waals surface area contributed by atoms with Gasteiger partial charge >= 0.3 is 5.97 Å². The lowest BCUT2D eigenvalue weighted by atomic mass is 10.1. The van der Waals surface area contributed by atoms with E-state index >= 15 is 0 Å². The second-order valence-corrected chi connectivity index (χ2v) is 5.84. The van der Waals surface area contributed by atoms with E-state index in [9.17, 15) is 4.79 Å². The number of carbonyl (C=O) groups is 1. The molecule has 3 nitrogen and oxygen atoms in total. The Hall–Kier alpha value is -2.00. The molecule has 0 aromatic heterocycles. The van der Waals surface area contributed by atoms with Crippen LogP contribution in [0.15, 0.2) is 48.5 Å². The molecule has 0 radical (unpaired) electrons. The molecular weight excluding hydrogens is 300 g/mol. The summed E-state index contributed by atoms with van der Waals surface area (Å²) in [7, 11) is 0. The zero-order chi connectivity index (χ0) is 15.9. The molecule has 116 valence electrons. The molecule has 0 saturated carbocycles. The molecule has 2 aromatic rings. The van der Waals surface area contributed by atoms with E-state index in [1.807, 2.05) is 0 Å². The SMILES string of the molecule is CC(C)CCOc1ccc(C(=O)Oc2ccc(Cl)cc2)cc1. The lowest BCUT2D eigenvalue weighted by Gasteiger charge is -2.09. The van der Waals surface area contributed by atoms with E-state index in [0.29, 0.717) is 28.9 Å². The van der Waals surface area contributed by atoms with E-state index in [0.717, 1.165) is 12.2 Å². The second-order valence-electron chi connectivity index (χ2n) is 5.40. The Bertz CT molecular complexity index is 603. The lowest BCUT2D eigenvalue weighted by molar-refractivity contribution is 0.0734. The van der Waals surface area contributed by atoms with Crippen LogP contribution in [0.1, 0.15) is 30.6 Å². The predicted molar refractivity (Wildman–Crippen MR) is 87.8 cm³/mol. The quantitative estimate of drug-likeness (QED) is 0.556. The van der Waals surface area contributed by atoms with Crippen molar-refractivity contribution < 1.29 is 14.3 Å². The highest BCUT2D eigenvalue weighted by Gasteiger charge is 2.08. The zero-order valence-corrected chi connectivity index (χ0v) is 13.5. The van der Waals surface area contributed by atoms with Crippen LogP contribution >= 0.6 is 11.6 Å². The average molecular weight is 319 g/mol. The van der Waals surface area contributed by atoms with Gasteiger partial charge in [-0.1, -0.05) is 25.4 Å². The Labute approximate surface area is 135 Å². The van der Waals surface area contributed by atoms with Gasteiger partial charge in [-0.3, -0.25) is 0 Å². The van der Waals surface area contributed by atoms with Gasteiger partial charge in [0.25, 0.3) is 0 Å². The first-order chi connectivity index (χ1) is 10.5. The van der Waals surface area contributed by atoms with Gasteiger partial charge in [0.1, 0.15) is 11.5 Å². The second kappa shape index (κ2) is 7.85. The molecule has 0 bridgehead atoms. The van der Waals surface area contributed by atoms with E-state index in [-0.39, 0.29) is 0 Å². The van der Waals surface area contributed by atoms with Crippen molar-refractivity contribution in [3.05, 3.63) is 59.1 Å². The first-order valence-corrected chi connectivity index (χ1v) is 7.63. The summed E-state index contributed by atoms with van der Waals surface area (Å²) in [6.45, 7) is 4.98. The zero-order valence-electron chi connectivity index (χ0n) is 12.7. The van der Waals surface area contributed by atoms with Crippen LogP contribution in [0.4, 0.5) is 0 Å². The highest BCUT2D eigenvalue weighted by atomic mass is 35.5. The Kier molecular flexibility index (Phi) is 5.84. The van der Waals surface area contributed by atoms with E-state index in [4.69, 9.17) is 21.1 Å². The van der Waals surface area contributed by atoms with Crippen LogP contribution in [0.2, 0.25) is 5.02 Å². The summed E-state index contributed by atoms with van der Waals surface area (Å²) in [4.78, 5) is 12.0. The van der Waals surface area contributed by atoms with Crippen LogP contribution < -0.4 is 9.47 Å². The van der Waals surface area contributed by atoms with E-state index in [1.54, 1.807) is 48.5 Å². The minimum Gasteiger partial charge on any atom is -0.494 e. The van der Waals surface area contributed by atoms with E-state index in [2.05, 4.69) is 13.8 Å². The number of ether oxygens (including phenoxy) is 2. The van der Waals surface area contributed by atoms with Crippen molar-refractivity contribution in [2.45, 2.75) is 20.3 Å². The molecule has 22 heavy (non-hydrogen) atoms. The molecule has 2 rings (SSSR count). The highest BCUT2D eigenvalue weighted by Crippen LogP contribution is 2.18. The standard InChI is InChI=1S/C18H19ClO3/c1-13(2)11-12-21-16-7-3-14(4-8-16)18(20)22-17-9-5-15(19)6-10-17/h3-10,13H,11-12H2,1-2H3. The Morgan fingerprint density at radius 2 is 1.59 bits per heavy atom. The van der Waals surface area contributed by atoms with Gasteiger partial charge in [0.05, 0.1) is 12.2 Å². The van der Waals surface area contributed by atoms with Crippen molar-refractivity contribution in [1.82, 2.24) is 0 Å². The van der Waals surface area contributed by atoms with Crippen molar-refractivity contribution >= 4 is 17.6 Å². The van der Waals surface area contributed by atoms with Gasteiger partial charge in [-0.05, 0) is 60.9 Å². The number of esters is 1. The number of benzene rings is 2. The summed E-state index contributed by atoms with van der Waals surface area (Å²) in [5.74, 6) is 1.42. The Balaban J connectivity index is 1.91. The van der Waals surface area contributed by atoms with Crippen LogP contribution in [-0.4, -0.2) is 12.6 Å². The summed E-state index contributed by atoms with van der Waals surface area (Å²) < 4.78 is 10.9. The van der Waals surface area contributed by atoms with Gasteiger partial charge in [0, 0.05) is 5.02 Å². The summed E-state index contributed by atoms with van der Waals surface area (Å²) in [6.07, 6.45) is 1.00. The Morgan fingerprint density at radius 3 is 2.18 bits per heavy atom. The predicted octanol–water partition coefficient (Wildman–Crippen LogP) is 4.98. The normalized spacial score (nSPS) is 10.5. The molecule has 0 spiro atoms. The third-order valence-electron chi connectivity index (χ3n) is 3.08. The molecule has 0 unspecified atom stereocenters. The van der Waals surface area contributed by atoms with Crippen LogP contribution in [-0.2, 0) is 0 Å². The van der Waals surface area contributed by atoms with Crippen LogP contribution in [0.3, 0.4) is 0 Å². The van der Waals surface area contributed by atoms with E-state index < -0.39 is 5.97 Å². The van der Waals surface area contributed by atoms with Gasteiger partial charge in [-0.25, -0.2) is 4.79 Å². The molecule has 0 aliphatic carbocycles. The molecule has 0 aliphatic heterocycles. The molecule has 0 amide bonds. The van der Waals surface area contributed by atoms with Crippen molar-refractivity contribution in [2.75, 3.05) is 6.61 Å². The van der Waals surface area contributed by atoms with Crippen molar-refractivity contribution in [1.29, 1.82) is 0 Å². The number of carbonyl (C=O) groups excluding carboxylic acids is 1. The third kappa shape index (κ3) is 5.08. The number of hydrogen-bond acceptors (Lipinski definition) is 3.